The number of amides is 1. The first-order valence-electron chi connectivity index (χ1n) is 6.50. The third kappa shape index (κ3) is 3.92. The summed E-state index contributed by atoms with van der Waals surface area (Å²) >= 11 is 18.1. The molecule has 116 valence electrons. The summed E-state index contributed by atoms with van der Waals surface area (Å²) in [6.07, 6.45) is 0.0427. The van der Waals surface area contributed by atoms with Crippen molar-refractivity contribution in [2.24, 2.45) is 0 Å². The summed E-state index contributed by atoms with van der Waals surface area (Å²) in [5.74, 6) is -0.669. The number of carbonyl (C=O) groups is 1. The highest BCUT2D eigenvalue weighted by atomic mass is 35.5. The number of benzene rings is 2. The first kappa shape index (κ1) is 17.1. The van der Waals surface area contributed by atoms with Crippen molar-refractivity contribution in [2.75, 3.05) is 7.05 Å². The van der Waals surface area contributed by atoms with Crippen molar-refractivity contribution in [1.29, 1.82) is 0 Å². The molecule has 0 aliphatic rings. The molecule has 6 heteroatoms. The van der Waals surface area contributed by atoms with Crippen LogP contribution in [0.5, 0.6) is 0 Å². The predicted molar refractivity (Wildman–Crippen MR) is 88.1 cm³/mol. The fourth-order valence-corrected chi connectivity index (χ4v) is 2.75. The molecule has 0 aliphatic carbocycles. The van der Waals surface area contributed by atoms with Crippen LogP contribution >= 0.6 is 34.8 Å². The zero-order chi connectivity index (χ0) is 16.3. The van der Waals surface area contributed by atoms with Gasteiger partial charge >= 0.3 is 0 Å². The lowest BCUT2D eigenvalue weighted by Gasteiger charge is -2.19. The van der Waals surface area contributed by atoms with Crippen LogP contribution in [0.4, 0.5) is 4.39 Å². The summed E-state index contributed by atoms with van der Waals surface area (Å²) in [6.45, 7) is 0.0758. The van der Waals surface area contributed by atoms with Crippen LogP contribution < -0.4 is 0 Å². The Kier molecular flexibility index (Phi) is 5.68. The Morgan fingerprint density at radius 3 is 2.05 bits per heavy atom. The van der Waals surface area contributed by atoms with E-state index in [1.165, 1.54) is 17.0 Å². The molecule has 0 bridgehead atoms. The zero-order valence-electron chi connectivity index (χ0n) is 11.7. The summed E-state index contributed by atoms with van der Waals surface area (Å²) in [6, 6.07) is 9.47. The fourth-order valence-electron chi connectivity index (χ4n) is 2.00. The second-order valence-corrected chi connectivity index (χ2v) is 6.05. The van der Waals surface area contributed by atoms with E-state index >= 15 is 0 Å². The van der Waals surface area contributed by atoms with Crippen LogP contribution in [0.25, 0.3) is 0 Å². The molecule has 0 spiro atoms. The van der Waals surface area contributed by atoms with Crippen molar-refractivity contribution in [1.82, 2.24) is 4.90 Å². The average molecular weight is 361 g/mol. The van der Waals surface area contributed by atoms with Crippen LogP contribution in [0.15, 0.2) is 36.4 Å². The Hall–Kier alpha value is -1.29. The van der Waals surface area contributed by atoms with Gasteiger partial charge in [-0.2, -0.15) is 0 Å². The molecule has 0 fully saturated rings. The Morgan fingerprint density at radius 1 is 1.00 bits per heavy atom. The number of hydrogen-bond donors (Lipinski definition) is 0. The second kappa shape index (κ2) is 7.32. The maximum absolute atomic E-state index is 13.8. The molecule has 2 aromatic rings. The summed E-state index contributed by atoms with van der Waals surface area (Å²) < 4.78 is 13.8. The highest BCUT2D eigenvalue weighted by Gasteiger charge is 2.17. The lowest BCUT2D eigenvalue weighted by Crippen LogP contribution is -2.28. The molecule has 0 aliphatic heterocycles. The highest BCUT2D eigenvalue weighted by molar-refractivity contribution is 6.36. The summed E-state index contributed by atoms with van der Waals surface area (Å²) in [5, 5.41) is 1.15. The van der Waals surface area contributed by atoms with Gasteiger partial charge in [0.15, 0.2) is 0 Å². The van der Waals surface area contributed by atoms with E-state index in [1.54, 1.807) is 31.3 Å². The van der Waals surface area contributed by atoms with Gasteiger partial charge in [0, 0.05) is 34.2 Å². The first-order chi connectivity index (χ1) is 10.4. The topological polar surface area (TPSA) is 20.3 Å². The second-order valence-electron chi connectivity index (χ2n) is 4.83. The number of carbonyl (C=O) groups excluding carboxylic acids is 1. The molecule has 0 saturated carbocycles. The predicted octanol–water partition coefficient (Wildman–Crippen LogP) is 4.99. The van der Waals surface area contributed by atoms with Gasteiger partial charge in [-0.3, -0.25) is 4.79 Å². The molecule has 0 atom stereocenters. The maximum Gasteiger partial charge on any atom is 0.227 e. The summed E-state index contributed by atoms with van der Waals surface area (Å²) in [5.41, 5.74) is 0.840. The quantitative estimate of drug-likeness (QED) is 0.752. The first-order valence-corrected chi connectivity index (χ1v) is 7.63. The SMILES string of the molecule is CN(Cc1c(F)cccc1Cl)C(=O)Cc1c(Cl)cccc1Cl. The number of likely N-dealkylation sites (N-methyl/N-ethyl adjacent to an activating group) is 1. The Morgan fingerprint density at radius 2 is 1.50 bits per heavy atom. The van der Waals surface area contributed by atoms with E-state index in [4.69, 9.17) is 34.8 Å². The lowest BCUT2D eigenvalue weighted by molar-refractivity contribution is -0.129. The van der Waals surface area contributed by atoms with Crippen molar-refractivity contribution in [3.63, 3.8) is 0 Å². The molecule has 0 saturated heterocycles. The zero-order valence-corrected chi connectivity index (χ0v) is 14.0. The molecule has 0 unspecified atom stereocenters. The molecule has 2 aromatic carbocycles. The Balaban J connectivity index is 2.13. The van der Waals surface area contributed by atoms with Crippen molar-refractivity contribution in [2.45, 2.75) is 13.0 Å². The van der Waals surface area contributed by atoms with E-state index in [-0.39, 0.29) is 29.5 Å². The molecule has 1 amide bonds. The van der Waals surface area contributed by atoms with E-state index in [0.717, 1.165) is 0 Å². The Labute approximate surface area is 143 Å². The van der Waals surface area contributed by atoms with Crippen molar-refractivity contribution in [3.8, 4) is 0 Å². The van der Waals surface area contributed by atoms with Gasteiger partial charge in [0.25, 0.3) is 0 Å². The molecular weight excluding hydrogens is 348 g/mol. The molecule has 0 radical (unpaired) electrons. The van der Waals surface area contributed by atoms with Crippen molar-refractivity contribution in [3.05, 3.63) is 68.4 Å². The van der Waals surface area contributed by atoms with E-state index < -0.39 is 5.82 Å². The third-order valence-electron chi connectivity index (χ3n) is 3.27. The molecular formula is C16H13Cl3FNO. The van der Waals surface area contributed by atoms with Crippen LogP contribution in [-0.4, -0.2) is 17.9 Å². The summed E-state index contributed by atoms with van der Waals surface area (Å²) in [7, 11) is 1.58. The smallest absolute Gasteiger partial charge is 0.227 e. The van der Waals surface area contributed by atoms with Gasteiger partial charge in [0.2, 0.25) is 5.91 Å². The molecule has 0 heterocycles. The van der Waals surface area contributed by atoms with Crippen LogP contribution in [0, 0.1) is 5.82 Å². The molecule has 0 N–H and O–H groups in total. The Bertz CT molecular complexity index is 665. The van der Waals surface area contributed by atoms with Gasteiger partial charge in [0.05, 0.1) is 6.42 Å². The van der Waals surface area contributed by atoms with Crippen LogP contribution in [0.3, 0.4) is 0 Å². The van der Waals surface area contributed by atoms with Gasteiger partial charge in [-0.05, 0) is 29.8 Å². The van der Waals surface area contributed by atoms with Gasteiger partial charge in [0.1, 0.15) is 5.82 Å². The standard InChI is InChI=1S/C16H13Cl3FNO/c1-21(9-11-14(19)6-3-7-15(11)20)16(22)8-10-12(17)4-2-5-13(10)18/h2-7H,8-9H2,1H3. The number of halogens is 4. The number of hydrogen-bond acceptors (Lipinski definition) is 1. The van der Waals surface area contributed by atoms with E-state index in [1.807, 2.05) is 0 Å². The van der Waals surface area contributed by atoms with E-state index in [2.05, 4.69) is 0 Å². The normalized spacial score (nSPS) is 10.6. The molecule has 2 nitrogen and oxygen atoms in total. The number of nitrogens with zero attached hydrogens (tertiary/aromatic N) is 1. The van der Waals surface area contributed by atoms with Crippen molar-refractivity contribution < 1.29 is 9.18 Å². The van der Waals surface area contributed by atoms with Crippen molar-refractivity contribution >= 4 is 40.7 Å². The fraction of sp³-hybridized carbons (Fsp3) is 0.188. The van der Waals surface area contributed by atoms with Gasteiger partial charge < -0.3 is 4.90 Å². The maximum atomic E-state index is 13.8. The minimum absolute atomic E-state index is 0.0427. The largest absolute Gasteiger partial charge is 0.341 e. The monoisotopic (exact) mass is 359 g/mol. The summed E-state index contributed by atoms with van der Waals surface area (Å²) in [4.78, 5) is 13.7. The number of rotatable bonds is 4. The van der Waals surface area contributed by atoms with Gasteiger partial charge in [-0.15, -0.1) is 0 Å². The van der Waals surface area contributed by atoms with E-state index in [0.29, 0.717) is 15.6 Å². The van der Waals surface area contributed by atoms with Crippen LogP contribution in [-0.2, 0) is 17.8 Å². The van der Waals surface area contributed by atoms with Crippen LogP contribution in [0.1, 0.15) is 11.1 Å². The molecule has 22 heavy (non-hydrogen) atoms. The van der Waals surface area contributed by atoms with E-state index in [9.17, 15) is 9.18 Å². The molecule has 2 rings (SSSR count). The lowest BCUT2D eigenvalue weighted by atomic mass is 10.1. The van der Waals surface area contributed by atoms with Crippen LogP contribution in [0.2, 0.25) is 15.1 Å². The van der Waals surface area contributed by atoms with Gasteiger partial charge in [-0.25, -0.2) is 4.39 Å². The minimum Gasteiger partial charge on any atom is -0.341 e. The minimum atomic E-state index is -0.442. The highest BCUT2D eigenvalue weighted by Crippen LogP contribution is 2.26. The average Bonchev–Trinajstić information content (AvgIpc) is 2.46. The molecule has 0 aromatic heterocycles. The third-order valence-corrected chi connectivity index (χ3v) is 4.33. The van der Waals surface area contributed by atoms with Gasteiger partial charge in [-0.1, -0.05) is 46.9 Å².